The number of hydrogen-bond donors (Lipinski definition) is 0. The molecule has 1 atom stereocenters. The normalized spacial score (nSPS) is 22.5. The highest BCUT2D eigenvalue weighted by Crippen LogP contribution is 2.40. The molecule has 2 heterocycles. The van der Waals surface area contributed by atoms with Crippen LogP contribution in [-0.2, 0) is 12.8 Å². The van der Waals surface area contributed by atoms with Crippen molar-refractivity contribution in [2.45, 2.75) is 50.5 Å². The zero-order valence-electron chi connectivity index (χ0n) is 18.6. The van der Waals surface area contributed by atoms with Crippen LogP contribution in [0.1, 0.15) is 63.9 Å². The Labute approximate surface area is 196 Å². The van der Waals surface area contributed by atoms with Crippen molar-refractivity contribution in [3.8, 4) is 5.75 Å². The summed E-state index contributed by atoms with van der Waals surface area (Å²) in [7, 11) is 1.73. The monoisotopic (exact) mass is 454 g/mol. The Balaban J connectivity index is 0.00000245. The SMILES string of the molecule is COc1ccc2c(c1)CCC1(CCCCN1CCCN1C(=O)c3ccccc3C1=O)C2.Cl. The maximum absolute atomic E-state index is 12.7. The summed E-state index contributed by atoms with van der Waals surface area (Å²) >= 11 is 0. The lowest BCUT2D eigenvalue weighted by atomic mass is 9.72. The van der Waals surface area contributed by atoms with E-state index in [0.717, 1.165) is 38.1 Å². The lowest BCUT2D eigenvalue weighted by Crippen LogP contribution is -2.55. The van der Waals surface area contributed by atoms with Crippen LogP contribution >= 0.6 is 12.4 Å². The number of likely N-dealkylation sites (tertiary alicyclic amines) is 1. The van der Waals surface area contributed by atoms with E-state index >= 15 is 0 Å². The van der Waals surface area contributed by atoms with Gasteiger partial charge in [-0.15, -0.1) is 12.4 Å². The second-order valence-corrected chi connectivity index (χ2v) is 9.14. The molecule has 0 radical (unpaired) electrons. The molecular weight excluding hydrogens is 424 g/mol. The van der Waals surface area contributed by atoms with Gasteiger partial charge in [0.2, 0.25) is 0 Å². The molecule has 5 nitrogen and oxygen atoms in total. The fraction of sp³-hybridized carbons (Fsp3) is 0.462. The van der Waals surface area contributed by atoms with Crippen LogP contribution in [0.25, 0.3) is 0 Å². The van der Waals surface area contributed by atoms with E-state index in [9.17, 15) is 9.59 Å². The van der Waals surface area contributed by atoms with Crippen LogP contribution in [0.2, 0.25) is 0 Å². The number of ether oxygens (including phenoxy) is 1. The average Bonchev–Trinajstić information content (AvgIpc) is 3.05. The molecule has 1 unspecified atom stereocenters. The third-order valence-corrected chi connectivity index (χ3v) is 7.47. The van der Waals surface area contributed by atoms with Gasteiger partial charge in [-0.2, -0.15) is 0 Å². The number of carbonyl (C=O) groups is 2. The summed E-state index contributed by atoms with van der Waals surface area (Å²) in [6.07, 6.45) is 7.89. The Morgan fingerprint density at radius 3 is 2.41 bits per heavy atom. The Bertz CT molecular complexity index is 989. The number of hydrogen-bond acceptors (Lipinski definition) is 4. The molecule has 0 N–H and O–H groups in total. The molecule has 1 spiro atoms. The Morgan fingerprint density at radius 1 is 0.938 bits per heavy atom. The number of amides is 2. The largest absolute Gasteiger partial charge is 0.497 e. The first-order valence-corrected chi connectivity index (χ1v) is 11.5. The smallest absolute Gasteiger partial charge is 0.261 e. The van der Waals surface area contributed by atoms with Gasteiger partial charge in [-0.05, 0) is 80.5 Å². The summed E-state index contributed by atoms with van der Waals surface area (Å²) in [6.45, 7) is 2.53. The summed E-state index contributed by atoms with van der Waals surface area (Å²) in [5.41, 5.74) is 4.16. The van der Waals surface area contributed by atoms with Crippen LogP contribution in [0.4, 0.5) is 0 Å². The quantitative estimate of drug-likeness (QED) is 0.623. The molecule has 1 fully saturated rings. The molecule has 2 aliphatic heterocycles. The van der Waals surface area contributed by atoms with E-state index in [1.807, 2.05) is 12.1 Å². The molecule has 6 heteroatoms. The Kier molecular flexibility index (Phi) is 6.59. The highest BCUT2D eigenvalue weighted by Gasteiger charge is 2.41. The van der Waals surface area contributed by atoms with E-state index in [1.165, 1.54) is 41.7 Å². The van der Waals surface area contributed by atoms with Crippen LogP contribution in [0.3, 0.4) is 0 Å². The van der Waals surface area contributed by atoms with Gasteiger partial charge in [-0.25, -0.2) is 0 Å². The third kappa shape index (κ3) is 3.93. The van der Waals surface area contributed by atoms with Crippen molar-refractivity contribution in [1.82, 2.24) is 9.80 Å². The van der Waals surface area contributed by atoms with Crippen molar-refractivity contribution in [2.24, 2.45) is 0 Å². The minimum Gasteiger partial charge on any atom is -0.497 e. The summed E-state index contributed by atoms with van der Waals surface area (Å²) in [6, 6.07) is 13.7. The highest BCUT2D eigenvalue weighted by molar-refractivity contribution is 6.21. The number of methoxy groups -OCH3 is 1. The standard InChI is InChI=1S/C26H30N2O3.ClH/c1-31-21-10-9-20-18-26(13-11-19(20)17-21)12-4-5-14-27(26)15-6-16-28-24(29)22-7-2-3-8-23(22)25(28)30;/h2-3,7-10,17H,4-6,11-16,18H2,1H3;1H. The van der Waals surface area contributed by atoms with Crippen LogP contribution in [0.5, 0.6) is 5.75 Å². The number of carbonyl (C=O) groups excluding carboxylic acids is 2. The lowest BCUT2D eigenvalue weighted by molar-refractivity contribution is 0.0303. The molecular formula is C26H31ClN2O3. The molecule has 1 aliphatic carbocycles. The first-order chi connectivity index (χ1) is 15.1. The zero-order chi connectivity index (χ0) is 21.4. The zero-order valence-corrected chi connectivity index (χ0v) is 19.5. The van der Waals surface area contributed by atoms with Gasteiger partial charge in [-0.3, -0.25) is 19.4 Å². The number of piperidine rings is 1. The number of rotatable bonds is 5. The van der Waals surface area contributed by atoms with Crippen molar-refractivity contribution >= 4 is 24.2 Å². The van der Waals surface area contributed by atoms with Gasteiger partial charge in [-0.1, -0.05) is 24.6 Å². The second kappa shape index (κ2) is 9.24. The van der Waals surface area contributed by atoms with Gasteiger partial charge in [0.05, 0.1) is 18.2 Å². The second-order valence-electron chi connectivity index (χ2n) is 9.14. The van der Waals surface area contributed by atoms with Crippen molar-refractivity contribution in [3.05, 3.63) is 64.7 Å². The van der Waals surface area contributed by atoms with Gasteiger partial charge in [0.1, 0.15) is 5.75 Å². The molecule has 0 aromatic heterocycles. The molecule has 0 bridgehead atoms. The predicted molar refractivity (Wildman–Crippen MR) is 127 cm³/mol. The van der Waals surface area contributed by atoms with Crippen LogP contribution < -0.4 is 4.74 Å². The molecule has 0 saturated carbocycles. The predicted octanol–water partition coefficient (Wildman–Crippen LogP) is 4.52. The minimum atomic E-state index is -0.144. The molecule has 1 saturated heterocycles. The molecule has 2 aromatic carbocycles. The van der Waals surface area contributed by atoms with Crippen LogP contribution in [-0.4, -0.2) is 53.9 Å². The fourth-order valence-corrected chi connectivity index (χ4v) is 5.79. The average molecular weight is 455 g/mol. The van der Waals surface area contributed by atoms with Crippen LogP contribution in [0, 0.1) is 0 Å². The molecule has 32 heavy (non-hydrogen) atoms. The Hall–Kier alpha value is -2.37. The first kappa shape index (κ1) is 22.8. The molecule has 2 amide bonds. The number of fused-ring (bicyclic) bond motifs is 2. The van der Waals surface area contributed by atoms with Crippen molar-refractivity contribution in [1.29, 1.82) is 0 Å². The number of imide groups is 1. The third-order valence-electron chi connectivity index (χ3n) is 7.47. The Morgan fingerprint density at radius 2 is 1.69 bits per heavy atom. The van der Waals surface area contributed by atoms with E-state index in [-0.39, 0.29) is 29.8 Å². The number of aryl methyl sites for hydroxylation is 1. The highest BCUT2D eigenvalue weighted by atomic mass is 35.5. The summed E-state index contributed by atoms with van der Waals surface area (Å²) in [5, 5.41) is 0. The van der Waals surface area contributed by atoms with Gasteiger partial charge < -0.3 is 4.74 Å². The van der Waals surface area contributed by atoms with E-state index in [4.69, 9.17) is 4.74 Å². The topological polar surface area (TPSA) is 49.9 Å². The summed E-state index contributed by atoms with van der Waals surface area (Å²) in [4.78, 5) is 29.4. The van der Waals surface area contributed by atoms with Gasteiger partial charge in [0, 0.05) is 18.6 Å². The summed E-state index contributed by atoms with van der Waals surface area (Å²) < 4.78 is 5.41. The lowest BCUT2D eigenvalue weighted by Gasteiger charge is -2.50. The molecule has 2 aromatic rings. The first-order valence-electron chi connectivity index (χ1n) is 11.5. The number of nitrogens with zero attached hydrogens (tertiary/aromatic N) is 2. The van der Waals surface area contributed by atoms with Crippen molar-refractivity contribution < 1.29 is 14.3 Å². The number of halogens is 1. The minimum absolute atomic E-state index is 0. The van der Waals surface area contributed by atoms with E-state index in [0.29, 0.717) is 17.7 Å². The maximum atomic E-state index is 12.7. The van der Waals surface area contributed by atoms with Crippen LogP contribution in [0.15, 0.2) is 42.5 Å². The molecule has 3 aliphatic rings. The molecule has 5 rings (SSSR count). The number of benzene rings is 2. The van der Waals surface area contributed by atoms with Gasteiger partial charge in [0.15, 0.2) is 0 Å². The van der Waals surface area contributed by atoms with E-state index in [2.05, 4.69) is 23.1 Å². The van der Waals surface area contributed by atoms with Crippen molar-refractivity contribution in [2.75, 3.05) is 26.7 Å². The van der Waals surface area contributed by atoms with Gasteiger partial charge in [0.25, 0.3) is 11.8 Å². The van der Waals surface area contributed by atoms with E-state index in [1.54, 1.807) is 19.2 Å². The van der Waals surface area contributed by atoms with E-state index < -0.39 is 0 Å². The van der Waals surface area contributed by atoms with Gasteiger partial charge >= 0.3 is 0 Å². The molecule has 170 valence electrons. The van der Waals surface area contributed by atoms with Crippen molar-refractivity contribution in [3.63, 3.8) is 0 Å². The summed E-state index contributed by atoms with van der Waals surface area (Å²) in [5.74, 6) is 0.653. The maximum Gasteiger partial charge on any atom is 0.261 e. The fourth-order valence-electron chi connectivity index (χ4n) is 5.79.